The predicted octanol–water partition coefficient (Wildman–Crippen LogP) is 4.64. The molecule has 1 N–H and O–H groups in total. The Hall–Kier alpha value is -1.09. The lowest BCUT2D eigenvalue weighted by Gasteiger charge is -2.46. The van der Waals surface area contributed by atoms with Crippen molar-refractivity contribution in [3.8, 4) is 5.75 Å². The lowest BCUT2D eigenvalue weighted by molar-refractivity contribution is 0.0482. The topological polar surface area (TPSA) is 23.5 Å². The fourth-order valence-corrected chi connectivity index (χ4v) is 4.25. The van der Waals surface area contributed by atoms with E-state index in [1.165, 1.54) is 57.1 Å². The number of benzene rings is 1. The maximum absolute atomic E-state index is 13.1. The molecule has 1 aromatic carbocycles. The Bertz CT molecular complexity index is 486. The van der Waals surface area contributed by atoms with E-state index in [0.717, 1.165) is 18.7 Å². The summed E-state index contributed by atoms with van der Waals surface area (Å²) in [6.07, 6.45) is 9.56. The van der Waals surface area contributed by atoms with Crippen LogP contribution in [0.1, 0.15) is 63.5 Å². The zero-order valence-corrected chi connectivity index (χ0v) is 12.9. The molecule has 2 nitrogen and oxygen atoms in total. The lowest BCUT2D eigenvalue weighted by atomic mass is 9.68. The van der Waals surface area contributed by atoms with Gasteiger partial charge in [0, 0.05) is 17.7 Å². The van der Waals surface area contributed by atoms with E-state index in [1.807, 2.05) is 0 Å². The highest BCUT2D eigenvalue weighted by atomic mass is 19.1. The first kappa shape index (κ1) is 14.8. The van der Waals surface area contributed by atoms with E-state index in [1.54, 1.807) is 6.07 Å². The van der Waals surface area contributed by atoms with Crippen LogP contribution >= 0.6 is 0 Å². The Morgan fingerprint density at radius 2 is 1.76 bits per heavy atom. The average Bonchev–Trinajstić information content (AvgIpc) is 2.48. The second kappa shape index (κ2) is 5.96. The maximum Gasteiger partial charge on any atom is 0.126 e. The van der Waals surface area contributed by atoms with E-state index < -0.39 is 0 Å². The molecule has 1 heterocycles. The quantitative estimate of drug-likeness (QED) is 0.858. The Labute approximate surface area is 127 Å². The van der Waals surface area contributed by atoms with Crippen molar-refractivity contribution in [2.75, 3.05) is 13.1 Å². The number of piperidine rings is 1. The van der Waals surface area contributed by atoms with Gasteiger partial charge in [-0.15, -0.1) is 0 Å². The number of halogens is 1. The second-order valence-electron chi connectivity index (χ2n) is 6.98. The van der Waals surface area contributed by atoms with Gasteiger partial charge < -0.3 is 5.11 Å². The summed E-state index contributed by atoms with van der Waals surface area (Å²) >= 11 is 0. The van der Waals surface area contributed by atoms with Crippen LogP contribution in [-0.2, 0) is 0 Å². The van der Waals surface area contributed by atoms with Crippen LogP contribution in [0.4, 0.5) is 4.39 Å². The van der Waals surface area contributed by atoms with Crippen molar-refractivity contribution < 1.29 is 9.50 Å². The van der Waals surface area contributed by atoms with Gasteiger partial charge in [-0.2, -0.15) is 0 Å². The Morgan fingerprint density at radius 3 is 2.38 bits per heavy atom. The van der Waals surface area contributed by atoms with Gasteiger partial charge in [-0.1, -0.05) is 25.3 Å². The van der Waals surface area contributed by atoms with Crippen LogP contribution in [-0.4, -0.2) is 23.1 Å². The van der Waals surface area contributed by atoms with Crippen molar-refractivity contribution in [1.82, 2.24) is 4.90 Å². The molecule has 2 fully saturated rings. The number of hydrogen-bond acceptors (Lipinski definition) is 2. The van der Waals surface area contributed by atoms with Gasteiger partial charge in [0.05, 0.1) is 0 Å². The van der Waals surface area contributed by atoms with Crippen LogP contribution in [0, 0.1) is 11.2 Å². The van der Waals surface area contributed by atoms with E-state index in [-0.39, 0.29) is 17.6 Å². The molecule has 2 aliphatic rings. The predicted molar refractivity (Wildman–Crippen MR) is 82.8 cm³/mol. The molecule has 1 unspecified atom stereocenters. The van der Waals surface area contributed by atoms with Gasteiger partial charge in [0.2, 0.25) is 0 Å². The molecule has 0 radical (unpaired) electrons. The van der Waals surface area contributed by atoms with Gasteiger partial charge in [0.25, 0.3) is 0 Å². The standard InChI is InChI=1S/C18H26FNO/c1-14(16-6-5-15(19)13-17(16)21)20-11-9-18(10-12-20)7-3-2-4-8-18/h5-6,13-14,21H,2-4,7-12H2,1H3. The minimum atomic E-state index is -0.372. The summed E-state index contributed by atoms with van der Waals surface area (Å²) in [7, 11) is 0. The highest BCUT2D eigenvalue weighted by Gasteiger charge is 2.36. The number of phenols is 1. The number of aromatic hydroxyl groups is 1. The van der Waals surface area contributed by atoms with Crippen molar-refractivity contribution >= 4 is 0 Å². The molecule has 1 aliphatic carbocycles. The molecule has 0 bridgehead atoms. The first-order valence-corrected chi connectivity index (χ1v) is 8.32. The van der Waals surface area contributed by atoms with Gasteiger partial charge in [-0.3, -0.25) is 4.90 Å². The number of rotatable bonds is 2. The number of phenolic OH excluding ortho intramolecular Hbond substituents is 1. The van der Waals surface area contributed by atoms with Crippen LogP contribution in [0.5, 0.6) is 5.75 Å². The first-order valence-electron chi connectivity index (χ1n) is 8.32. The molecule has 1 atom stereocenters. The molecule has 116 valence electrons. The van der Waals surface area contributed by atoms with E-state index in [4.69, 9.17) is 0 Å². The van der Waals surface area contributed by atoms with Crippen molar-refractivity contribution in [2.45, 2.75) is 57.9 Å². The zero-order chi connectivity index (χ0) is 14.9. The maximum atomic E-state index is 13.1. The van der Waals surface area contributed by atoms with Crippen molar-refractivity contribution in [3.63, 3.8) is 0 Å². The molecule has 1 saturated carbocycles. The Kier molecular flexibility index (Phi) is 4.21. The monoisotopic (exact) mass is 291 g/mol. The fraction of sp³-hybridized carbons (Fsp3) is 0.667. The molecule has 21 heavy (non-hydrogen) atoms. The highest BCUT2D eigenvalue weighted by molar-refractivity contribution is 5.35. The molecular formula is C18H26FNO. The average molecular weight is 291 g/mol. The van der Waals surface area contributed by atoms with Crippen molar-refractivity contribution in [3.05, 3.63) is 29.6 Å². The summed E-state index contributed by atoms with van der Waals surface area (Å²) in [5, 5.41) is 9.97. The third-order valence-corrected chi connectivity index (χ3v) is 5.76. The highest BCUT2D eigenvalue weighted by Crippen LogP contribution is 2.46. The van der Waals surface area contributed by atoms with Crippen molar-refractivity contribution in [1.29, 1.82) is 0 Å². The lowest BCUT2D eigenvalue weighted by Crippen LogP contribution is -2.42. The zero-order valence-electron chi connectivity index (χ0n) is 12.9. The minimum absolute atomic E-state index is 0.0838. The molecule has 0 amide bonds. The van der Waals surface area contributed by atoms with Gasteiger partial charge in [0.15, 0.2) is 0 Å². The smallest absolute Gasteiger partial charge is 0.126 e. The summed E-state index contributed by atoms with van der Waals surface area (Å²) in [6, 6.07) is 4.54. The van der Waals surface area contributed by atoms with Gasteiger partial charge in [0.1, 0.15) is 11.6 Å². The number of hydrogen-bond donors (Lipinski definition) is 1. The first-order chi connectivity index (χ1) is 10.1. The summed E-state index contributed by atoms with van der Waals surface area (Å²) < 4.78 is 13.1. The largest absolute Gasteiger partial charge is 0.508 e. The van der Waals surface area contributed by atoms with Gasteiger partial charge in [-0.05, 0) is 57.2 Å². The summed E-state index contributed by atoms with van der Waals surface area (Å²) in [4.78, 5) is 2.44. The summed E-state index contributed by atoms with van der Waals surface area (Å²) in [5.41, 5.74) is 1.44. The molecule has 1 aromatic rings. The van der Waals surface area contributed by atoms with Crippen LogP contribution in [0.25, 0.3) is 0 Å². The fourth-order valence-electron chi connectivity index (χ4n) is 4.25. The minimum Gasteiger partial charge on any atom is -0.508 e. The Morgan fingerprint density at radius 1 is 1.10 bits per heavy atom. The van der Waals surface area contributed by atoms with Crippen LogP contribution in [0.15, 0.2) is 18.2 Å². The number of nitrogens with zero attached hydrogens (tertiary/aromatic N) is 1. The molecule has 3 heteroatoms. The summed E-state index contributed by atoms with van der Waals surface area (Å²) in [5.74, 6) is -0.288. The van der Waals surface area contributed by atoms with Crippen molar-refractivity contribution in [2.24, 2.45) is 5.41 Å². The van der Waals surface area contributed by atoms with Gasteiger partial charge in [-0.25, -0.2) is 4.39 Å². The third-order valence-electron chi connectivity index (χ3n) is 5.76. The summed E-state index contributed by atoms with van der Waals surface area (Å²) in [6.45, 7) is 4.31. The van der Waals surface area contributed by atoms with Crippen LogP contribution in [0.3, 0.4) is 0 Å². The molecular weight excluding hydrogens is 265 g/mol. The molecule has 1 spiro atoms. The molecule has 3 rings (SSSR count). The SMILES string of the molecule is CC(c1ccc(F)cc1O)N1CCC2(CCCCC2)CC1. The van der Waals surface area contributed by atoms with E-state index in [2.05, 4.69) is 11.8 Å². The van der Waals surface area contributed by atoms with E-state index >= 15 is 0 Å². The van der Waals surface area contributed by atoms with Crippen LogP contribution < -0.4 is 0 Å². The number of likely N-dealkylation sites (tertiary alicyclic amines) is 1. The Balaban J connectivity index is 1.66. The second-order valence-corrected chi connectivity index (χ2v) is 6.98. The molecule has 0 aromatic heterocycles. The van der Waals surface area contributed by atoms with E-state index in [0.29, 0.717) is 5.41 Å². The van der Waals surface area contributed by atoms with Gasteiger partial charge >= 0.3 is 0 Å². The van der Waals surface area contributed by atoms with E-state index in [9.17, 15) is 9.50 Å². The molecule has 1 aliphatic heterocycles. The van der Waals surface area contributed by atoms with Crippen LogP contribution in [0.2, 0.25) is 0 Å². The molecule has 1 saturated heterocycles. The third kappa shape index (κ3) is 3.08. The normalized spacial score (nSPS) is 24.1.